The SMILES string of the molecule is CCC1CCCCN1C(=O)c1ccc(NCCN2CCOCC2)nn1. The number of carbonyl (C=O) groups excluding carboxylic acids is 1. The number of amides is 1. The van der Waals surface area contributed by atoms with E-state index in [1.54, 1.807) is 6.07 Å². The fraction of sp³-hybridized carbons (Fsp3) is 0.722. The van der Waals surface area contributed by atoms with Crippen molar-refractivity contribution in [1.29, 1.82) is 0 Å². The Morgan fingerprint density at radius 3 is 2.80 bits per heavy atom. The van der Waals surface area contributed by atoms with Crippen LogP contribution in [0.4, 0.5) is 5.82 Å². The van der Waals surface area contributed by atoms with E-state index < -0.39 is 0 Å². The van der Waals surface area contributed by atoms with Gasteiger partial charge in [0.05, 0.1) is 13.2 Å². The van der Waals surface area contributed by atoms with E-state index in [0.29, 0.717) is 11.7 Å². The zero-order chi connectivity index (χ0) is 17.5. The standard InChI is InChI=1S/C18H29N5O2/c1-2-15-5-3-4-9-23(15)18(24)16-6-7-17(21-20-16)19-8-10-22-11-13-25-14-12-22/h6-7,15H,2-5,8-14H2,1H3,(H,19,21). The Morgan fingerprint density at radius 2 is 2.08 bits per heavy atom. The molecule has 2 saturated heterocycles. The van der Waals surface area contributed by atoms with Gasteiger partial charge in [-0.1, -0.05) is 6.92 Å². The van der Waals surface area contributed by atoms with Gasteiger partial charge in [-0.25, -0.2) is 0 Å². The second kappa shape index (κ2) is 9.10. The molecule has 7 heteroatoms. The molecule has 1 N–H and O–H groups in total. The average Bonchev–Trinajstić information content (AvgIpc) is 2.69. The molecule has 2 fully saturated rings. The third kappa shape index (κ3) is 4.89. The highest BCUT2D eigenvalue weighted by Crippen LogP contribution is 2.21. The highest BCUT2D eigenvalue weighted by atomic mass is 16.5. The number of likely N-dealkylation sites (tertiary alicyclic amines) is 1. The number of aromatic nitrogens is 2. The highest BCUT2D eigenvalue weighted by Gasteiger charge is 2.27. The molecule has 0 aromatic carbocycles. The first-order valence-corrected chi connectivity index (χ1v) is 9.46. The van der Waals surface area contributed by atoms with Gasteiger partial charge in [0.1, 0.15) is 5.82 Å². The monoisotopic (exact) mass is 347 g/mol. The Balaban J connectivity index is 1.50. The van der Waals surface area contributed by atoms with E-state index in [9.17, 15) is 4.79 Å². The van der Waals surface area contributed by atoms with Gasteiger partial charge >= 0.3 is 0 Å². The molecular weight excluding hydrogens is 318 g/mol. The summed E-state index contributed by atoms with van der Waals surface area (Å²) < 4.78 is 5.35. The summed E-state index contributed by atoms with van der Waals surface area (Å²) in [6.45, 7) is 8.33. The first kappa shape index (κ1) is 18.1. The Morgan fingerprint density at radius 1 is 1.24 bits per heavy atom. The molecule has 0 spiro atoms. The van der Waals surface area contributed by atoms with Gasteiger partial charge in [0.15, 0.2) is 5.69 Å². The number of morpholine rings is 1. The Bertz CT molecular complexity index is 545. The lowest BCUT2D eigenvalue weighted by Gasteiger charge is -2.34. The molecule has 2 aliphatic heterocycles. The first-order valence-electron chi connectivity index (χ1n) is 9.46. The van der Waals surface area contributed by atoms with Crippen molar-refractivity contribution in [3.63, 3.8) is 0 Å². The summed E-state index contributed by atoms with van der Waals surface area (Å²) in [5.74, 6) is 0.731. The van der Waals surface area contributed by atoms with Crippen LogP contribution in [0.5, 0.6) is 0 Å². The Kier molecular flexibility index (Phi) is 6.58. The first-order chi connectivity index (χ1) is 12.3. The van der Waals surface area contributed by atoms with Crippen LogP contribution in [0.25, 0.3) is 0 Å². The van der Waals surface area contributed by atoms with Gasteiger partial charge in [0, 0.05) is 38.8 Å². The third-order valence-corrected chi connectivity index (χ3v) is 5.08. The number of nitrogens with one attached hydrogen (secondary N) is 1. The molecule has 1 unspecified atom stereocenters. The lowest BCUT2D eigenvalue weighted by molar-refractivity contribution is 0.0398. The summed E-state index contributed by atoms with van der Waals surface area (Å²) in [5, 5.41) is 11.6. The Labute approximate surface area is 149 Å². The van der Waals surface area contributed by atoms with E-state index in [2.05, 4.69) is 27.3 Å². The van der Waals surface area contributed by atoms with E-state index in [1.165, 1.54) is 6.42 Å². The molecule has 1 aromatic heterocycles. The van der Waals surface area contributed by atoms with Gasteiger partial charge in [-0.2, -0.15) is 0 Å². The lowest BCUT2D eigenvalue weighted by atomic mass is 9.99. The van der Waals surface area contributed by atoms with Crippen LogP contribution < -0.4 is 5.32 Å². The summed E-state index contributed by atoms with van der Waals surface area (Å²) in [5.41, 5.74) is 0.444. The zero-order valence-electron chi connectivity index (χ0n) is 15.1. The van der Waals surface area contributed by atoms with Crippen LogP contribution in [0.2, 0.25) is 0 Å². The number of hydrogen-bond donors (Lipinski definition) is 1. The molecule has 0 radical (unpaired) electrons. The van der Waals surface area contributed by atoms with E-state index >= 15 is 0 Å². The zero-order valence-corrected chi connectivity index (χ0v) is 15.1. The van der Waals surface area contributed by atoms with E-state index in [-0.39, 0.29) is 5.91 Å². The van der Waals surface area contributed by atoms with Crippen molar-refractivity contribution in [3.05, 3.63) is 17.8 Å². The molecule has 0 saturated carbocycles. The molecular formula is C18H29N5O2. The smallest absolute Gasteiger partial charge is 0.274 e. The van der Waals surface area contributed by atoms with Crippen LogP contribution in [0, 0.1) is 0 Å². The second-order valence-electron chi connectivity index (χ2n) is 6.74. The van der Waals surface area contributed by atoms with E-state index in [4.69, 9.17) is 4.74 Å². The van der Waals surface area contributed by atoms with Crippen molar-refractivity contribution >= 4 is 11.7 Å². The fourth-order valence-electron chi connectivity index (χ4n) is 3.55. The minimum Gasteiger partial charge on any atom is -0.379 e. The molecule has 2 aliphatic rings. The van der Waals surface area contributed by atoms with Gasteiger partial charge in [0.25, 0.3) is 5.91 Å². The van der Waals surface area contributed by atoms with Crippen LogP contribution in [-0.4, -0.2) is 77.9 Å². The molecule has 1 aromatic rings. The minimum absolute atomic E-state index is 0.0129. The van der Waals surface area contributed by atoms with Crippen LogP contribution in [0.15, 0.2) is 12.1 Å². The maximum absolute atomic E-state index is 12.7. The van der Waals surface area contributed by atoms with Crippen molar-refractivity contribution in [3.8, 4) is 0 Å². The number of piperidine rings is 1. The van der Waals surface area contributed by atoms with Crippen LogP contribution in [0.1, 0.15) is 43.1 Å². The summed E-state index contributed by atoms with van der Waals surface area (Å²) in [7, 11) is 0. The summed E-state index contributed by atoms with van der Waals surface area (Å²) in [6, 6.07) is 3.98. The van der Waals surface area contributed by atoms with Gasteiger partial charge in [0.2, 0.25) is 0 Å². The highest BCUT2D eigenvalue weighted by molar-refractivity contribution is 5.92. The van der Waals surface area contributed by atoms with Crippen molar-refractivity contribution in [1.82, 2.24) is 20.0 Å². The predicted octanol–water partition coefficient (Wildman–Crippen LogP) is 1.63. The molecule has 1 amide bonds. The quantitative estimate of drug-likeness (QED) is 0.843. The minimum atomic E-state index is 0.0129. The average molecular weight is 347 g/mol. The number of nitrogens with zero attached hydrogens (tertiary/aromatic N) is 4. The molecule has 7 nitrogen and oxygen atoms in total. The van der Waals surface area contributed by atoms with Crippen molar-refractivity contribution < 1.29 is 9.53 Å². The van der Waals surface area contributed by atoms with Gasteiger partial charge in [-0.3, -0.25) is 9.69 Å². The maximum Gasteiger partial charge on any atom is 0.274 e. The van der Waals surface area contributed by atoms with Crippen LogP contribution >= 0.6 is 0 Å². The normalized spacial score (nSPS) is 22.0. The topological polar surface area (TPSA) is 70.6 Å². The number of anilines is 1. The molecule has 138 valence electrons. The molecule has 0 bridgehead atoms. The number of hydrogen-bond acceptors (Lipinski definition) is 6. The summed E-state index contributed by atoms with van der Waals surface area (Å²) in [4.78, 5) is 17.0. The Hall–Kier alpha value is -1.73. The van der Waals surface area contributed by atoms with Crippen molar-refractivity contribution in [2.45, 2.75) is 38.6 Å². The fourth-order valence-corrected chi connectivity index (χ4v) is 3.55. The number of ether oxygens (including phenoxy) is 1. The molecule has 3 heterocycles. The summed E-state index contributed by atoms with van der Waals surface area (Å²) >= 11 is 0. The second-order valence-corrected chi connectivity index (χ2v) is 6.74. The number of carbonyl (C=O) groups is 1. The van der Waals surface area contributed by atoms with Crippen LogP contribution in [-0.2, 0) is 4.74 Å². The maximum atomic E-state index is 12.7. The van der Waals surface area contributed by atoms with Gasteiger partial charge in [-0.15, -0.1) is 10.2 Å². The van der Waals surface area contributed by atoms with Crippen molar-refractivity contribution in [2.75, 3.05) is 51.3 Å². The van der Waals surface area contributed by atoms with E-state index in [1.807, 2.05) is 11.0 Å². The number of rotatable bonds is 6. The van der Waals surface area contributed by atoms with Gasteiger partial charge in [-0.05, 0) is 37.8 Å². The van der Waals surface area contributed by atoms with Crippen LogP contribution in [0.3, 0.4) is 0 Å². The molecule has 0 aliphatic carbocycles. The molecule has 1 atom stereocenters. The largest absolute Gasteiger partial charge is 0.379 e. The van der Waals surface area contributed by atoms with E-state index in [0.717, 1.165) is 71.0 Å². The molecule has 3 rings (SSSR count). The van der Waals surface area contributed by atoms with Crippen molar-refractivity contribution in [2.24, 2.45) is 0 Å². The molecule has 25 heavy (non-hydrogen) atoms. The summed E-state index contributed by atoms with van der Waals surface area (Å²) in [6.07, 6.45) is 4.38. The van der Waals surface area contributed by atoms with Gasteiger partial charge < -0.3 is 15.0 Å². The lowest BCUT2D eigenvalue weighted by Crippen LogP contribution is -2.43. The third-order valence-electron chi connectivity index (χ3n) is 5.08. The predicted molar refractivity (Wildman–Crippen MR) is 96.7 cm³/mol.